The van der Waals surface area contributed by atoms with Crippen LogP contribution in [0.2, 0.25) is 0 Å². The van der Waals surface area contributed by atoms with Crippen LogP contribution < -0.4 is 0 Å². The lowest BCUT2D eigenvalue weighted by Gasteiger charge is -2.05. The van der Waals surface area contributed by atoms with Crippen molar-refractivity contribution in [2.45, 2.75) is 32.7 Å². The van der Waals surface area contributed by atoms with E-state index in [1.807, 2.05) is 0 Å². The maximum atomic E-state index is 10.5. The summed E-state index contributed by atoms with van der Waals surface area (Å²) in [7, 11) is 0. The molecule has 1 N–H and O–H groups in total. The first kappa shape index (κ1) is 10.7. The van der Waals surface area contributed by atoms with Gasteiger partial charge >= 0.3 is 5.97 Å². The van der Waals surface area contributed by atoms with Crippen molar-refractivity contribution in [1.29, 1.82) is 0 Å². The smallest absolute Gasteiger partial charge is 0.306 e. The molecule has 0 saturated carbocycles. The zero-order chi connectivity index (χ0) is 10.4. The van der Waals surface area contributed by atoms with E-state index in [0.29, 0.717) is 0 Å². The summed E-state index contributed by atoms with van der Waals surface area (Å²) in [5.41, 5.74) is 0. The van der Waals surface area contributed by atoms with Crippen LogP contribution in [-0.2, 0) is 11.3 Å². The third kappa shape index (κ3) is 3.55. The van der Waals surface area contributed by atoms with Crippen molar-refractivity contribution in [2.24, 2.45) is 5.92 Å². The third-order valence-corrected chi connectivity index (χ3v) is 2.16. The van der Waals surface area contributed by atoms with Crippen LogP contribution in [0.1, 0.15) is 26.2 Å². The van der Waals surface area contributed by atoms with E-state index in [4.69, 9.17) is 5.11 Å². The molecule has 0 bridgehead atoms. The Morgan fingerprint density at radius 1 is 1.57 bits per heavy atom. The van der Waals surface area contributed by atoms with Gasteiger partial charge in [-0.3, -0.25) is 9.48 Å². The topological polar surface area (TPSA) is 68.0 Å². The Kier molecular flexibility index (Phi) is 4.10. The monoisotopic (exact) mass is 197 g/mol. The van der Waals surface area contributed by atoms with E-state index in [9.17, 15) is 4.79 Å². The first-order chi connectivity index (χ1) is 6.70. The zero-order valence-corrected chi connectivity index (χ0v) is 8.26. The molecule has 1 atom stereocenters. The van der Waals surface area contributed by atoms with Crippen LogP contribution in [0.25, 0.3) is 0 Å². The van der Waals surface area contributed by atoms with E-state index in [1.165, 1.54) is 6.33 Å². The predicted molar refractivity (Wildman–Crippen MR) is 50.7 cm³/mol. The molecule has 1 heterocycles. The molecule has 5 heteroatoms. The van der Waals surface area contributed by atoms with Crippen LogP contribution in [-0.4, -0.2) is 25.8 Å². The minimum atomic E-state index is -0.717. The molecule has 1 rings (SSSR count). The summed E-state index contributed by atoms with van der Waals surface area (Å²) in [5.74, 6) is -0.962. The van der Waals surface area contributed by atoms with Gasteiger partial charge in [0.25, 0.3) is 0 Å². The van der Waals surface area contributed by atoms with Crippen LogP contribution in [0, 0.1) is 5.92 Å². The summed E-state index contributed by atoms with van der Waals surface area (Å²) in [4.78, 5) is 14.3. The second-order valence-corrected chi connectivity index (χ2v) is 3.39. The van der Waals surface area contributed by atoms with Gasteiger partial charge in [0, 0.05) is 6.54 Å². The quantitative estimate of drug-likeness (QED) is 0.695. The standard InChI is InChI=1S/C9H15N3O2/c1-8(9(13)14)4-2-3-5-12-7-10-6-11-12/h6-8H,2-5H2,1H3,(H,13,14). The first-order valence-electron chi connectivity index (χ1n) is 4.75. The Morgan fingerprint density at radius 3 is 2.93 bits per heavy atom. The van der Waals surface area contributed by atoms with Gasteiger partial charge in [-0.25, -0.2) is 4.98 Å². The van der Waals surface area contributed by atoms with Gasteiger partial charge in [0.2, 0.25) is 0 Å². The number of aryl methyl sites for hydroxylation is 1. The number of rotatable bonds is 6. The Hall–Kier alpha value is -1.39. The number of carboxylic acid groups (broad SMARTS) is 1. The van der Waals surface area contributed by atoms with Crippen molar-refractivity contribution < 1.29 is 9.90 Å². The zero-order valence-electron chi connectivity index (χ0n) is 8.26. The van der Waals surface area contributed by atoms with Crippen LogP contribution in [0.15, 0.2) is 12.7 Å². The van der Waals surface area contributed by atoms with Gasteiger partial charge in [0.15, 0.2) is 0 Å². The number of aliphatic carboxylic acids is 1. The average molecular weight is 197 g/mol. The maximum absolute atomic E-state index is 10.5. The highest BCUT2D eigenvalue weighted by Crippen LogP contribution is 2.08. The number of nitrogens with zero attached hydrogens (tertiary/aromatic N) is 3. The van der Waals surface area contributed by atoms with E-state index in [1.54, 1.807) is 17.9 Å². The lowest BCUT2D eigenvalue weighted by Crippen LogP contribution is -2.09. The molecule has 0 aliphatic heterocycles. The van der Waals surface area contributed by atoms with Crippen LogP contribution in [0.5, 0.6) is 0 Å². The molecule has 0 amide bonds. The van der Waals surface area contributed by atoms with Gasteiger partial charge in [-0.2, -0.15) is 5.10 Å². The number of carbonyl (C=O) groups is 1. The van der Waals surface area contributed by atoms with Crippen LogP contribution in [0.4, 0.5) is 0 Å². The van der Waals surface area contributed by atoms with E-state index in [-0.39, 0.29) is 5.92 Å². The molecule has 5 nitrogen and oxygen atoms in total. The van der Waals surface area contributed by atoms with E-state index in [2.05, 4.69) is 10.1 Å². The average Bonchev–Trinajstić information content (AvgIpc) is 2.64. The SMILES string of the molecule is CC(CCCCn1cncn1)C(=O)O. The highest BCUT2D eigenvalue weighted by molar-refractivity contribution is 5.69. The molecule has 0 saturated heterocycles. The molecule has 0 aliphatic carbocycles. The fraction of sp³-hybridized carbons (Fsp3) is 0.667. The lowest BCUT2D eigenvalue weighted by molar-refractivity contribution is -0.141. The lowest BCUT2D eigenvalue weighted by atomic mass is 10.0. The number of unbranched alkanes of at least 4 members (excludes halogenated alkanes) is 1. The summed E-state index contributed by atoms with van der Waals surface area (Å²) in [5, 5.41) is 12.6. The second-order valence-electron chi connectivity index (χ2n) is 3.39. The van der Waals surface area contributed by atoms with Gasteiger partial charge in [-0.05, 0) is 12.8 Å². The molecular formula is C9H15N3O2. The van der Waals surface area contributed by atoms with Gasteiger partial charge < -0.3 is 5.11 Å². The summed E-state index contributed by atoms with van der Waals surface area (Å²) < 4.78 is 1.76. The molecule has 0 aromatic carbocycles. The van der Waals surface area contributed by atoms with Crippen molar-refractivity contribution in [1.82, 2.24) is 14.8 Å². The Labute approximate surface area is 82.8 Å². The summed E-state index contributed by atoms with van der Waals surface area (Å²) in [6.07, 6.45) is 5.75. The maximum Gasteiger partial charge on any atom is 0.306 e. The molecule has 1 aromatic rings. The number of hydrogen-bond donors (Lipinski definition) is 1. The normalized spacial score (nSPS) is 12.6. The molecular weight excluding hydrogens is 182 g/mol. The molecule has 0 fully saturated rings. The van der Waals surface area contributed by atoms with Gasteiger partial charge in [0.05, 0.1) is 5.92 Å². The number of carboxylic acids is 1. The molecule has 0 radical (unpaired) electrons. The number of aromatic nitrogens is 3. The van der Waals surface area contributed by atoms with Gasteiger partial charge in [-0.1, -0.05) is 13.3 Å². The number of hydrogen-bond acceptors (Lipinski definition) is 3. The molecule has 78 valence electrons. The van der Waals surface area contributed by atoms with Gasteiger partial charge in [-0.15, -0.1) is 0 Å². The van der Waals surface area contributed by atoms with Crippen LogP contribution in [0.3, 0.4) is 0 Å². The van der Waals surface area contributed by atoms with Crippen molar-refractivity contribution in [2.75, 3.05) is 0 Å². The van der Waals surface area contributed by atoms with Crippen molar-refractivity contribution in [3.05, 3.63) is 12.7 Å². The third-order valence-electron chi connectivity index (χ3n) is 2.16. The largest absolute Gasteiger partial charge is 0.481 e. The second kappa shape index (κ2) is 5.36. The Balaban J connectivity index is 2.08. The van der Waals surface area contributed by atoms with E-state index in [0.717, 1.165) is 25.8 Å². The van der Waals surface area contributed by atoms with Crippen LogP contribution >= 0.6 is 0 Å². The highest BCUT2D eigenvalue weighted by atomic mass is 16.4. The van der Waals surface area contributed by atoms with Crippen molar-refractivity contribution >= 4 is 5.97 Å². The first-order valence-corrected chi connectivity index (χ1v) is 4.75. The van der Waals surface area contributed by atoms with E-state index >= 15 is 0 Å². The van der Waals surface area contributed by atoms with Gasteiger partial charge in [0.1, 0.15) is 12.7 Å². The van der Waals surface area contributed by atoms with E-state index < -0.39 is 5.97 Å². The summed E-state index contributed by atoms with van der Waals surface area (Å²) >= 11 is 0. The predicted octanol–water partition coefficient (Wildman–Crippen LogP) is 1.17. The minimum absolute atomic E-state index is 0.245. The van der Waals surface area contributed by atoms with Crippen molar-refractivity contribution in [3.63, 3.8) is 0 Å². The fourth-order valence-electron chi connectivity index (χ4n) is 1.20. The summed E-state index contributed by atoms with van der Waals surface area (Å²) in [6, 6.07) is 0. The van der Waals surface area contributed by atoms with Crippen molar-refractivity contribution in [3.8, 4) is 0 Å². The highest BCUT2D eigenvalue weighted by Gasteiger charge is 2.09. The summed E-state index contributed by atoms with van der Waals surface area (Å²) in [6.45, 7) is 2.55. The molecule has 1 unspecified atom stereocenters. The molecule has 0 spiro atoms. The minimum Gasteiger partial charge on any atom is -0.481 e. The molecule has 14 heavy (non-hydrogen) atoms. The molecule has 0 aliphatic rings. The Morgan fingerprint density at radius 2 is 2.36 bits per heavy atom. The molecule has 1 aromatic heterocycles. The Bertz CT molecular complexity index is 272. The fourth-order valence-corrected chi connectivity index (χ4v) is 1.20.